The Labute approximate surface area is 246 Å². The Bertz CT molecular complexity index is 1910. The van der Waals surface area contributed by atoms with Crippen LogP contribution in [0.2, 0.25) is 0 Å². The average molecular weight is 584 g/mol. The van der Waals surface area contributed by atoms with Gasteiger partial charge in [0.15, 0.2) is 5.82 Å². The Morgan fingerprint density at radius 2 is 2.00 bits per heavy atom. The molecule has 43 heavy (non-hydrogen) atoms. The maximum absolute atomic E-state index is 16.7. The minimum Gasteiger partial charge on any atom is -0.507 e. The Kier molecular flexibility index (Phi) is 6.13. The van der Waals surface area contributed by atoms with Gasteiger partial charge in [-0.3, -0.25) is 9.88 Å². The molecule has 3 aromatic heterocycles. The Morgan fingerprint density at radius 1 is 1.09 bits per heavy atom. The highest BCUT2D eigenvalue weighted by atomic mass is 19.1. The largest absolute Gasteiger partial charge is 0.507 e. The lowest BCUT2D eigenvalue weighted by atomic mass is 9.95. The number of fused-ring (bicyclic) bond motifs is 4. The van der Waals surface area contributed by atoms with Gasteiger partial charge in [0.25, 0.3) is 0 Å². The molecule has 2 saturated heterocycles. The standard InChI is InChI=1S/C33H31F2N5O3/c1-19-3-6-23-20(13-19)4-8-26(41)27(23)31-28(35)30-24(15-36-31)29(25-7-5-22-17-42-12-11-40(22)25)37-32(38-30)43-18-33-9-2-10-39(33)16-21(34)14-33/h3-8,13,15,21,41H,2,9-12,14,16-18H2,1H3/t21-,33+/m1/s1. The molecule has 6 heterocycles. The molecule has 2 atom stereocenters. The van der Waals surface area contributed by atoms with Gasteiger partial charge in [0, 0.05) is 36.8 Å². The topological polar surface area (TPSA) is 85.5 Å². The van der Waals surface area contributed by atoms with Crippen LogP contribution in [0.5, 0.6) is 11.8 Å². The van der Waals surface area contributed by atoms with Crippen LogP contribution in [-0.2, 0) is 17.9 Å². The highest BCUT2D eigenvalue weighted by Gasteiger charge is 2.49. The van der Waals surface area contributed by atoms with Gasteiger partial charge >= 0.3 is 6.01 Å². The number of hydrogen-bond acceptors (Lipinski definition) is 7. The molecule has 0 amide bonds. The Hall–Kier alpha value is -4.15. The monoisotopic (exact) mass is 583 g/mol. The Morgan fingerprint density at radius 3 is 2.91 bits per heavy atom. The predicted molar refractivity (Wildman–Crippen MR) is 158 cm³/mol. The van der Waals surface area contributed by atoms with E-state index in [0.717, 1.165) is 41.7 Å². The van der Waals surface area contributed by atoms with Gasteiger partial charge in [-0.15, -0.1) is 0 Å². The summed E-state index contributed by atoms with van der Waals surface area (Å²) in [7, 11) is 0. The van der Waals surface area contributed by atoms with E-state index in [1.807, 2.05) is 43.3 Å². The molecule has 0 radical (unpaired) electrons. The third-order valence-corrected chi connectivity index (χ3v) is 9.31. The predicted octanol–water partition coefficient (Wildman–Crippen LogP) is 5.95. The van der Waals surface area contributed by atoms with Gasteiger partial charge in [0.1, 0.15) is 35.4 Å². The summed E-state index contributed by atoms with van der Waals surface area (Å²) in [6, 6.07) is 13.1. The van der Waals surface area contributed by atoms with E-state index in [1.165, 1.54) is 0 Å². The molecular formula is C33H31F2N5O3. The molecule has 8 nitrogen and oxygen atoms in total. The number of aromatic hydroxyl groups is 1. The molecule has 3 aliphatic heterocycles. The van der Waals surface area contributed by atoms with Crippen LogP contribution in [0.15, 0.2) is 48.7 Å². The maximum Gasteiger partial charge on any atom is 0.317 e. The van der Waals surface area contributed by atoms with E-state index in [4.69, 9.17) is 14.5 Å². The summed E-state index contributed by atoms with van der Waals surface area (Å²) in [5.74, 6) is -0.746. The number of pyridine rings is 1. The fraction of sp³-hybridized carbons (Fsp3) is 0.364. The number of phenolic OH excluding ortho intramolecular Hbond substituents is 1. The summed E-state index contributed by atoms with van der Waals surface area (Å²) < 4.78 is 45.1. The number of alkyl halides is 1. The third-order valence-electron chi connectivity index (χ3n) is 9.31. The van der Waals surface area contributed by atoms with E-state index in [9.17, 15) is 9.50 Å². The van der Waals surface area contributed by atoms with Gasteiger partial charge in [-0.2, -0.15) is 9.97 Å². The highest BCUT2D eigenvalue weighted by Crippen LogP contribution is 2.42. The first-order valence-electron chi connectivity index (χ1n) is 14.8. The molecule has 0 aliphatic carbocycles. The fourth-order valence-corrected chi connectivity index (χ4v) is 7.24. The first kappa shape index (κ1) is 26.5. The van der Waals surface area contributed by atoms with Crippen molar-refractivity contribution in [3.63, 3.8) is 0 Å². The number of benzene rings is 2. The molecule has 2 aromatic carbocycles. The van der Waals surface area contributed by atoms with E-state index in [2.05, 4.69) is 19.4 Å². The summed E-state index contributed by atoms with van der Waals surface area (Å²) in [5, 5.41) is 12.9. The number of phenols is 1. The molecule has 5 aromatic rings. The number of aromatic nitrogens is 4. The van der Waals surface area contributed by atoms with Crippen LogP contribution in [-0.4, -0.2) is 67.5 Å². The van der Waals surface area contributed by atoms with Crippen molar-refractivity contribution in [2.24, 2.45) is 0 Å². The number of rotatable bonds is 5. The minimum absolute atomic E-state index is 0.00253. The van der Waals surface area contributed by atoms with Crippen molar-refractivity contribution in [1.29, 1.82) is 0 Å². The van der Waals surface area contributed by atoms with Crippen LogP contribution in [0.3, 0.4) is 0 Å². The average Bonchev–Trinajstić information content (AvgIpc) is 3.69. The van der Waals surface area contributed by atoms with Gasteiger partial charge in [0.05, 0.1) is 30.0 Å². The van der Waals surface area contributed by atoms with Crippen LogP contribution < -0.4 is 4.74 Å². The molecule has 0 saturated carbocycles. The van der Waals surface area contributed by atoms with Gasteiger partial charge in [0.2, 0.25) is 0 Å². The lowest BCUT2D eigenvalue weighted by molar-refractivity contribution is 0.0855. The zero-order valence-corrected chi connectivity index (χ0v) is 23.8. The number of hydrogen-bond donors (Lipinski definition) is 1. The second-order valence-corrected chi connectivity index (χ2v) is 12.0. The minimum atomic E-state index is -0.894. The van der Waals surface area contributed by atoms with E-state index in [-0.39, 0.29) is 29.6 Å². The zero-order valence-electron chi connectivity index (χ0n) is 23.8. The van der Waals surface area contributed by atoms with E-state index < -0.39 is 17.5 Å². The van der Waals surface area contributed by atoms with Crippen LogP contribution in [0, 0.1) is 12.7 Å². The van der Waals surface area contributed by atoms with Gasteiger partial charge in [-0.05, 0) is 55.3 Å². The summed E-state index contributed by atoms with van der Waals surface area (Å²) in [6.45, 7) is 5.12. The van der Waals surface area contributed by atoms with Crippen LogP contribution in [0.1, 0.15) is 30.5 Å². The number of halogens is 2. The molecule has 10 heteroatoms. The van der Waals surface area contributed by atoms with Gasteiger partial charge in [-0.25, -0.2) is 8.78 Å². The van der Waals surface area contributed by atoms with Crippen molar-refractivity contribution in [2.45, 2.75) is 51.0 Å². The van der Waals surface area contributed by atoms with Crippen molar-refractivity contribution in [2.75, 3.05) is 26.3 Å². The molecular weight excluding hydrogens is 552 g/mol. The molecule has 3 aliphatic rings. The SMILES string of the molecule is Cc1ccc2c(-c3ncc4c(-c5ccc6n5CCOC6)nc(OC[C@@]56CCCN5C[C@H](F)C6)nc4c3F)c(O)ccc2c1. The van der Waals surface area contributed by atoms with Gasteiger partial charge in [-0.1, -0.05) is 29.8 Å². The van der Waals surface area contributed by atoms with E-state index in [0.29, 0.717) is 54.8 Å². The fourth-order valence-electron chi connectivity index (χ4n) is 7.24. The van der Waals surface area contributed by atoms with Crippen molar-refractivity contribution >= 4 is 21.7 Å². The summed E-state index contributed by atoms with van der Waals surface area (Å²) >= 11 is 0. The second-order valence-electron chi connectivity index (χ2n) is 12.0. The van der Waals surface area contributed by atoms with Crippen molar-refractivity contribution < 1.29 is 23.4 Å². The van der Waals surface area contributed by atoms with Crippen molar-refractivity contribution in [3.8, 4) is 34.4 Å². The first-order valence-corrected chi connectivity index (χ1v) is 14.8. The summed E-state index contributed by atoms with van der Waals surface area (Å²) in [4.78, 5) is 16.1. The normalized spacial score (nSPS) is 21.9. The second kappa shape index (κ2) is 9.96. The lowest BCUT2D eigenvalue weighted by Gasteiger charge is -2.30. The first-order chi connectivity index (χ1) is 20.9. The van der Waals surface area contributed by atoms with Crippen LogP contribution in [0.25, 0.3) is 44.3 Å². The number of aryl methyl sites for hydroxylation is 1. The number of nitrogens with zero attached hydrogens (tertiary/aromatic N) is 5. The number of ether oxygens (including phenoxy) is 2. The molecule has 0 unspecified atom stereocenters. The van der Waals surface area contributed by atoms with Crippen molar-refractivity contribution in [1.82, 2.24) is 24.4 Å². The lowest BCUT2D eigenvalue weighted by Crippen LogP contribution is -2.43. The molecule has 2 fully saturated rings. The van der Waals surface area contributed by atoms with Gasteiger partial charge < -0.3 is 19.1 Å². The summed E-state index contributed by atoms with van der Waals surface area (Å²) in [6.07, 6.45) is 2.90. The third kappa shape index (κ3) is 4.26. The molecule has 8 rings (SSSR count). The highest BCUT2D eigenvalue weighted by molar-refractivity contribution is 6.01. The summed E-state index contributed by atoms with van der Waals surface area (Å²) in [5.41, 5.74) is 3.28. The van der Waals surface area contributed by atoms with E-state index >= 15 is 4.39 Å². The smallest absolute Gasteiger partial charge is 0.317 e. The van der Waals surface area contributed by atoms with Crippen molar-refractivity contribution in [3.05, 3.63) is 65.7 Å². The maximum atomic E-state index is 16.7. The molecule has 220 valence electrons. The van der Waals surface area contributed by atoms with E-state index in [1.54, 1.807) is 12.3 Å². The molecule has 1 N–H and O–H groups in total. The quantitative estimate of drug-likeness (QED) is 0.274. The van der Waals surface area contributed by atoms with Crippen LogP contribution in [0.4, 0.5) is 8.78 Å². The molecule has 0 spiro atoms. The Balaban J connectivity index is 1.30. The zero-order chi connectivity index (χ0) is 29.3. The van der Waals surface area contributed by atoms with Crippen LogP contribution >= 0.6 is 0 Å². The molecule has 0 bridgehead atoms.